The van der Waals surface area contributed by atoms with Gasteiger partial charge in [0, 0.05) is 14.3 Å². The molecule has 0 spiro atoms. The van der Waals surface area contributed by atoms with Crippen LogP contribution in [0.5, 0.6) is 5.88 Å². The van der Waals surface area contributed by atoms with Crippen LogP contribution in [-0.4, -0.2) is 45.3 Å². The van der Waals surface area contributed by atoms with Crippen molar-refractivity contribution < 1.29 is 9.47 Å². The van der Waals surface area contributed by atoms with Crippen LogP contribution in [0.25, 0.3) is 22.7 Å². The molecule has 4 heterocycles. The largest absolute Gasteiger partial charge is 0.476 e. The molecule has 3 unspecified atom stereocenters. The van der Waals surface area contributed by atoms with Gasteiger partial charge in [0.15, 0.2) is 17.0 Å². The normalized spacial score (nSPS) is 21.1. The predicted molar refractivity (Wildman–Crippen MR) is 134 cm³/mol. The zero-order valence-electron chi connectivity index (χ0n) is 20.4. The number of rotatable bonds is 9. The number of nitrogens with zero attached hydrogens (tertiary/aromatic N) is 5. The molecule has 9 heteroatoms. The molecule has 2 N–H and O–H groups in total. The van der Waals surface area contributed by atoms with Gasteiger partial charge >= 0.3 is 0 Å². The number of fused-ring (bicyclic) bond motifs is 1. The number of unbranched alkanes of at least 4 members (excludes halogenated alkanes) is 1. The maximum atomic E-state index is 6.55. The van der Waals surface area contributed by atoms with E-state index < -0.39 is 8.07 Å². The number of pyridine rings is 1. The topological polar surface area (TPSA) is 101 Å². The molecule has 1 aliphatic rings. The van der Waals surface area contributed by atoms with Gasteiger partial charge in [-0.15, -0.1) is 0 Å². The maximum Gasteiger partial charge on any atom is 0.247 e. The molecule has 33 heavy (non-hydrogen) atoms. The van der Waals surface area contributed by atoms with E-state index in [-0.39, 0.29) is 18.3 Å². The van der Waals surface area contributed by atoms with Gasteiger partial charge in [0.25, 0.3) is 0 Å². The van der Waals surface area contributed by atoms with Crippen LogP contribution in [0.2, 0.25) is 25.7 Å². The summed E-state index contributed by atoms with van der Waals surface area (Å²) in [4.78, 5) is 18.5. The van der Waals surface area contributed by atoms with Crippen molar-refractivity contribution in [2.75, 3.05) is 12.3 Å². The third-order valence-electron chi connectivity index (χ3n) is 6.18. The summed E-state index contributed by atoms with van der Waals surface area (Å²) >= 11 is 0. The number of nitrogen functional groups attached to an aromatic ring is 1. The Bertz CT molecular complexity index is 1080. The molecule has 1 aliphatic heterocycles. The highest BCUT2D eigenvalue weighted by Crippen LogP contribution is 2.40. The third-order valence-corrected chi connectivity index (χ3v) is 7.88. The maximum absolute atomic E-state index is 6.55. The van der Waals surface area contributed by atoms with Gasteiger partial charge in [-0.3, -0.25) is 9.55 Å². The molecular weight excluding hydrogens is 432 g/mol. The fourth-order valence-corrected chi connectivity index (χ4v) is 4.97. The number of aromatic nitrogens is 5. The Morgan fingerprint density at radius 2 is 2.03 bits per heavy atom. The zero-order valence-corrected chi connectivity index (χ0v) is 21.4. The number of ether oxygens (including phenoxy) is 2. The first-order valence-corrected chi connectivity index (χ1v) is 15.7. The molecule has 8 nitrogen and oxygen atoms in total. The SMILES string of the molecule is CCCCC1OC(n2c(-c3ccccn3)nc3c(OCC[Si](C)(C)C)nc(N)nc32)CC1C. The standard InChI is InChI=1S/C24H36N6O2Si/c1-6-7-11-18-16(2)15-19(32-18)30-21(17-10-8-9-12-26-17)27-20-22(30)28-24(25)29-23(20)31-13-14-33(3,4)5/h8-10,12,16,18-19H,6-7,11,13-15H2,1-5H3,(H2,25,28,29). The van der Waals surface area contributed by atoms with Gasteiger partial charge in [0.05, 0.1) is 12.7 Å². The Morgan fingerprint density at radius 1 is 1.21 bits per heavy atom. The van der Waals surface area contributed by atoms with E-state index in [1.165, 1.54) is 0 Å². The number of hydrogen-bond acceptors (Lipinski definition) is 7. The Hall–Kier alpha value is -2.52. The monoisotopic (exact) mass is 468 g/mol. The van der Waals surface area contributed by atoms with E-state index in [9.17, 15) is 0 Å². The van der Waals surface area contributed by atoms with E-state index in [0.29, 0.717) is 35.4 Å². The van der Waals surface area contributed by atoms with E-state index in [1.807, 2.05) is 22.8 Å². The Labute approximate surface area is 197 Å². The van der Waals surface area contributed by atoms with E-state index in [0.717, 1.165) is 37.4 Å². The Kier molecular flexibility index (Phi) is 6.99. The fraction of sp³-hybridized carbons (Fsp3) is 0.583. The molecule has 3 aromatic heterocycles. The van der Waals surface area contributed by atoms with Gasteiger partial charge in [-0.1, -0.05) is 52.4 Å². The molecule has 4 rings (SSSR count). The summed E-state index contributed by atoms with van der Waals surface area (Å²) in [5, 5.41) is 0. The second-order valence-corrected chi connectivity index (χ2v) is 15.8. The summed E-state index contributed by atoms with van der Waals surface area (Å²) in [7, 11) is -1.25. The Morgan fingerprint density at radius 3 is 2.73 bits per heavy atom. The van der Waals surface area contributed by atoms with E-state index in [1.54, 1.807) is 6.20 Å². The molecule has 0 radical (unpaired) electrons. The zero-order chi connectivity index (χ0) is 23.6. The van der Waals surface area contributed by atoms with Crippen LogP contribution >= 0.6 is 0 Å². The van der Waals surface area contributed by atoms with Crippen LogP contribution in [0.1, 0.15) is 45.8 Å². The second-order valence-electron chi connectivity index (χ2n) is 10.2. The highest BCUT2D eigenvalue weighted by Gasteiger charge is 2.36. The van der Waals surface area contributed by atoms with Gasteiger partial charge in [0.2, 0.25) is 11.8 Å². The van der Waals surface area contributed by atoms with Crippen molar-refractivity contribution in [2.45, 2.75) is 77.5 Å². The van der Waals surface area contributed by atoms with Crippen LogP contribution in [0.3, 0.4) is 0 Å². The van der Waals surface area contributed by atoms with Crippen LogP contribution in [0.15, 0.2) is 24.4 Å². The van der Waals surface area contributed by atoms with Crippen LogP contribution < -0.4 is 10.5 Å². The molecule has 178 valence electrons. The van der Waals surface area contributed by atoms with Gasteiger partial charge in [-0.2, -0.15) is 9.97 Å². The van der Waals surface area contributed by atoms with Crippen molar-refractivity contribution in [1.82, 2.24) is 24.5 Å². The highest BCUT2D eigenvalue weighted by atomic mass is 28.3. The smallest absolute Gasteiger partial charge is 0.247 e. The van der Waals surface area contributed by atoms with Gasteiger partial charge < -0.3 is 15.2 Å². The first-order chi connectivity index (χ1) is 15.8. The lowest BCUT2D eigenvalue weighted by molar-refractivity contribution is -0.00542. The van der Waals surface area contributed by atoms with Crippen molar-refractivity contribution in [3.63, 3.8) is 0 Å². The van der Waals surface area contributed by atoms with Crippen molar-refractivity contribution in [1.29, 1.82) is 0 Å². The average Bonchev–Trinajstić information content (AvgIpc) is 3.32. The summed E-state index contributed by atoms with van der Waals surface area (Å²) in [6, 6.07) is 6.83. The summed E-state index contributed by atoms with van der Waals surface area (Å²) in [6.45, 7) is 12.0. The van der Waals surface area contributed by atoms with Gasteiger partial charge in [-0.05, 0) is 36.9 Å². The minimum Gasteiger partial charge on any atom is -0.476 e. The molecule has 3 atom stereocenters. The van der Waals surface area contributed by atoms with Gasteiger partial charge in [0.1, 0.15) is 11.9 Å². The molecule has 0 bridgehead atoms. The molecule has 3 aromatic rings. The quantitative estimate of drug-likeness (QED) is 0.425. The highest BCUT2D eigenvalue weighted by molar-refractivity contribution is 6.76. The van der Waals surface area contributed by atoms with E-state index in [2.05, 4.69) is 48.4 Å². The number of imidazole rings is 1. The number of anilines is 1. The third kappa shape index (κ3) is 5.35. The first kappa shape index (κ1) is 23.6. The van der Waals surface area contributed by atoms with Crippen molar-refractivity contribution >= 4 is 25.2 Å². The molecule has 0 saturated carbocycles. The van der Waals surface area contributed by atoms with Crippen LogP contribution in [-0.2, 0) is 4.74 Å². The van der Waals surface area contributed by atoms with E-state index >= 15 is 0 Å². The summed E-state index contributed by atoms with van der Waals surface area (Å²) in [5.41, 5.74) is 8.13. The number of hydrogen-bond donors (Lipinski definition) is 1. The van der Waals surface area contributed by atoms with E-state index in [4.69, 9.17) is 20.2 Å². The van der Waals surface area contributed by atoms with Crippen molar-refractivity contribution in [2.24, 2.45) is 5.92 Å². The van der Waals surface area contributed by atoms with Crippen LogP contribution in [0, 0.1) is 5.92 Å². The minimum atomic E-state index is -1.25. The molecule has 1 saturated heterocycles. The average molecular weight is 469 g/mol. The summed E-state index contributed by atoms with van der Waals surface area (Å²) in [6.07, 6.45) is 6.06. The molecule has 0 amide bonds. The van der Waals surface area contributed by atoms with Crippen LogP contribution in [0.4, 0.5) is 5.95 Å². The Balaban J connectivity index is 1.77. The van der Waals surface area contributed by atoms with Crippen molar-refractivity contribution in [3.05, 3.63) is 24.4 Å². The molecular formula is C24H36N6O2Si. The summed E-state index contributed by atoms with van der Waals surface area (Å²) < 4.78 is 14.7. The predicted octanol–water partition coefficient (Wildman–Crippen LogP) is 5.30. The second kappa shape index (κ2) is 9.76. The lowest BCUT2D eigenvalue weighted by atomic mass is 9.99. The lowest BCUT2D eigenvalue weighted by Gasteiger charge is -2.18. The summed E-state index contributed by atoms with van der Waals surface area (Å²) in [5.74, 6) is 1.75. The molecule has 0 aliphatic carbocycles. The first-order valence-electron chi connectivity index (χ1n) is 12.0. The lowest BCUT2D eigenvalue weighted by Crippen LogP contribution is -2.22. The van der Waals surface area contributed by atoms with Gasteiger partial charge in [-0.25, -0.2) is 4.98 Å². The molecule has 0 aromatic carbocycles. The number of nitrogens with two attached hydrogens (primary N) is 1. The minimum absolute atomic E-state index is 0.174. The fourth-order valence-electron chi connectivity index (χ4n) is 4.25. The van der Waals surface area contributed by atoms with Crippen molar-refractivity contribution in [3.8, 4) is 17.4 Å². The molecule has 1 fully saturated rings.